The number of anilines is 1. The van der Waals surface area contributed by atoms with Crippen molar-refractivity contribution in [1.82, 2.24) is 9.55 Å². The topological polar surface area (TPSA) is 73.2 Å². The molecule has 0 spiro atoms. The van der Waals surface area contributed by atoms with Crippen molar-refractivity contribution >= 4 is 34.4 Å². The molecule has 26 heavy (non-hydrogen) atoms. The smallest absolute Gasteiger partial charge is 0.411 e. The molecule has 0 radical (unpaired) electrons. The van der Waals surface area contributed by atoms with Gasteiger partial charge in [0.15, 0.2) is 0 Å². The van der Waals surface area contributed by atoms with Crippen LogP contribution in [0.15, 0.2) is 41.6 Å². The third-order valence-electron chi connectivity index (χ3n) is 4.52. The van der Waals surface area contributed by atoms with Gasteiger partial charge < -0.3 is 4.74 Å². The van der Waals surface area contributed by atoms with Gasteiger partial charge in [-0.3, -0.25) is 19.7 Å². The second-order valence-electron chi connectivity index (χ2n) is 6.34. The normalized spacial score (nSPS) is 16.0. The predicted octanol–water partition coefficient (Wildman–Crippen LogP) is 3.89. The van der Waals surface area contributed by atoms with Crippen LogP contribution in [0.5, 0.6) is 0 Å². The van der Waals surface area contributed by atoms with Crippen LogP contribution < -0.4 is 10.9 Å². The Bertz CT molecular complexity index is 869. The molecule has 138 valence electrons. The zero-order valence-electron chi connectivity index (χ0n) is 14.2. The molecule has 0 saturated heterocycles. The van der Waals surface area contributed by atoms with Gasteiger partial charge in [0, 0.05) is 12.4 Å². The van der Waals surface area contributed by atoms with Gasteiger partial charge in [0.2, 0.25) is 0 Å². The minimum absolute atomic E-state index is 0.0175. The highest BCUT2D eigenvalue weighted by molar-refractivity contribution is 14.1. The molecule has 0 aliphatic heterocycles. The van der Waals surface area contributed by atoms with E-state index in [0.717, 1.165) is 12.0 Å². The number of amides is 1. The number of hydrogen-bond donors (Lipinski definition) is 1. The number of rotatable bonds is 6. The summed E-state index contributed by atoms with van der Waals surface area (Å²) >= 11 is 2.23. The van der Waals surface area contributed by atoms with E-state index in [-0.39, 0.29) is 11.2 Å². The number of aromatic nitrogens is 2. The van der Waals surface area contributed by atoms with Gasteiger partial charge in [-0.2, -0.15) is 0 Å². The van der Waals surface area contributed by atoms with Crippen molar-refractivity contribution < 1.29 is 13.9 Å². The van der Waals surface area contributed by atoms with E-state index in [9.17, 15) is 14.0 Å². The molecule has 3 rings (SSSR count). The van der Waals surface area contributed by atoms with Gasteiger partial charge in [-0.1, -0.05) is 18.9 Å². The molecular formula is C18H19FIN3O3. The summed E-state index contributed by atoms with van der Waals surface area (Å²) in [7, 11) is 1.21. The molecule has 1 unspecified atom stereocenters. The van der Waals surface area contributed by atoms with Crippen molar-refractivity contribution in [3.8, 4) is 0 Å². The Morgan fingerprint density at radius 3 is 2.92 bits per heavy atom. The number of halogens is 2. The van der Waals surface area contributed by atoms with Crippen LogP contribution >= 0.6 is 22.6 Å². The lowest BCUT2D eigenvalue weighted by atomic mass is 9.99. The maximum absolute atomic E-state index is 14.1. The van der Waals surface area contributed by atoms with Crippen LogP contribution in [-0.4, -0.2) is 22.8 Å². The fourth-order valence-electron chi connectivity index (χ4n) is 2.87. The maximum Gasteiger partial charge on any atom is 0.411 e. The van der Waals surface area contributed by atoms with E-state index in [1.165, 1.54) is 32.2 Å². The fraction of sp³-hybridized carbons (Fsp3) is 0.389. The van der Waals surface area contributed by atoms with Gasteiger partial charge in [0.1, 0.15) is 9.36 Å². The molecule has 1 aliphatic carbocycles. The second-order valence-corrected chi connectivity index (χ2v) is 8.12. The molecule has 0 bridgehead atoms. The minimum atomic E-state index is -0.751. The number of carbonyl (C=O) groups excluding carboxylic acids is 1. The first-order chi connectivity index (χ1) is 12.4. The van der Waals surface area contributed by atoms with Crippen LogP contribution in [0.3, 0.4) is 0 Å². The molecule has 1 saturated carbocycles. The van der Waals surface area contributed by atoms with Crippen molar-refractivity contribution in [3.05, 3.63) is 58.5 Å². The molecule has 6 nitrogen and oxygen atoms in total. The minimum Gasteiger partial charge on any atom is -0.453 e. The highest BCUT2D eigenvalue weighted by atomic mass is 127. The lowest BCUT2D eigenvalue weighted by Crippen LogP contribution is -2.37. The lowest BCUT2D eigenvalue weighted by Gasteiger charge is -2.31. The Balaban J connectivity index is 2.03. The molecule has 1 aromatic heterocycles. The van der Waals surface area contributed by atoms with Crippen LogP contribution in [-0.2, 0) is 8.28 Å². The first-order valence-corrected chi connectivity index (χ1v) is 9.39. The van der Waals surface area contributed by atoms with Gasteiger partial charge in [0.25, 0.3) is 5.56 Å². The Labute approximate surface area is 163 Å². The van der Waals surface area contributed by atoms with E-state index in [4.69, 9.17) is 0 Å². The van der Waals surface area contributed by atoms with E-state index in [1.807, 2.05) is 0 Å². The summed E-state index contributed by atoms with van der Waals surface area (Å²) in [4.78, 5) is 27.8. The van der Waals surface area contributed by atoms with E-state index in [2.05, 4.69) is 37.6 Å². The number of alkyl halides is 1. The van der Waals surface area contributed by atoms with Crippen LogP contribution in [0.25, 0.3) is 0 Å². The van der Waals surface area contributed by atoms with Crippen molar-refractivity contribution in [2.24, 2.45) is 5.92 Å². The van der Waals surface area contributed by atoms with Crippen LogP contribution in [0.2, 0.25) is 0 Å². The van der Waals surface area contributed by atoms with E-state index in [0.29, 0.717) is 12.3 Å². The standard InChI is InChI=1S/C18H19FIN3O3/c1-26-17(25)22-15-10-13(4-5-14(15)19)18(20,7-6-12-2-3-12)23-9-8-21-11-16(23)24/h4-5,8-12H,2-3,6-7H2,1H3,(H,22,25). The molecule has 1 atom stereocenters. The summed E-state index contributed by atoms with van der Waals surface area (Å²) in [5, 5.41) is 2.38. The number of nitrogens with one attached hydrogen (secondary N) is 1. The van der Waals surface area contributed by atoms with Gasteiger partial charge >= 0.3 is 6.09 Å². The zero-order chi connectivity index (χ0) is 18.7. The van der Waals surface area contributed by atoms with E-state index in [1.54, 1.807) is 29.1 Å². The molecular weight excluding hydrogens is 452 g/mol. The van der Waals surface area contributed by atoms with Crippen molar-refractivity contribution in [3.63, 3.8) is 0 Å². The average molecular weight is 471 g/mol. The third-order valence-corrected chi connectivity index (χ3v) is 6.20. The van der Waals surface area contributed by atoms with E-state index < -0.39 is 15.5 Å². The highest BCUT2D eigenvalue weighted by Crippen LogP contribution is 2.43. The molecule has 8 heteroatoms. The van der Waals surface area contributed by atoms with Crippen LogP contribution in [0.4, 0.5) is 14.9 Å². The van der Waals surface area contributed by atoms with Crippen LogP contribution in [0, 0.1) is 11.7 Å². The SMILES string of the molecule is COC(=O)Nc1cc(C(I)(CCC2CC2)n2ccncc2=O)ccc1F. The Morgan fingerprint density at radius 2 is 2.27 bits per heavy atom. The van der Waals surface area contributed by atoms with Crippen molar-refractivity contribution in [2.45, 2.75) is 29.2 Å². The van der Waals surface area contributed by atoms with Gasteiger partial charge in [-0.15, -0.1) is 0 Å². The fourth-order valence-corrected chi connectivity index (χ4v) is 3.91. The summed E-state index contributed by atoms with van der Waals surface area (Å²) in [5.74, 6) is 0.108. The molecule has 1 fully saturated rings. The van der Waals surface area contributed by atoms with Crippen molar-refractivity contribution in [1.29, 1.82) is 0 Å². The zero-order valence-corrected chi connectivity index (χ0v) is 16.4. The Hall–Kier alpha value is -1.97. The Morgan fingerprint density at radius 1 is 1.50 bits per heavy atom. The summed E-state index contributed by atoms with van der Waals surface area (Å²) < 4.78 is 19.6. The monoisotopic (exact) mass is 471 g/mol. The first-order valence-electron chi connectivity index (χ1n) is 8.31. The lowest BCUT2D eigenvalue weighted by molar-refractivity contribution is 0.187. The summed E-state index contributed by atoms with van der Waals surface area (Å²) in [6.07, 6.45) is 7.80. The maximum atomic E-state index is 14.1. The summed E-state index contributed by atoms with van der Waals surface area (Å²) in [6.45, 7) is 0. The number of ether oxygens (including phenoxy) is 1. The molecule has 1 amide bonds. The summed E-state index contributed by atoms with van der Waals surface area (Å²) in [6, 6.07) is 4.49. The van der Waals surface area contributed by atoms with E-state index >= 15 is 0 Å². The van der Waals surface area contributed by atoms with Gasteiger partial charge in [-0.05, 0) is 59.0 Å². The summed E-state index contributed by atoms with van der Waals surface area (Å²) in [5.41, 5.74) is 0.508. The molecule has 1 N–H and O–H groups in total. The van der Waals surface area contributed by atoms with Crippen molar-refractivity contribution in [2.75, 3.05) is 12.4 Å². The number of benzene rings is 1. The Kier molecular flexibility index (Phi) is 5.59. The van der Waals surface area contributed by atoms with Gasteiger partial charge in [-0.25, -0.2) is 9.18 Å². The number of hydrogen-bond acceptors (Lipinski definition) is 4. The largest absolute Gasteiger partial charge is 0.453 e. The molecule has 1 aliphatic rings. The predicted molar refractivity (Wildman–Crippen MR) is 104 cm³/mol. The van der Waals surface area contributed by atoms with Gasteiger partial charge in [0.05, 0.1) is 19.0 Å². The highest BCUT2D eigenvalue weighted by Gasteiger charge is 2.35. The average Bonchev–Trinajstić information content (AvgIpc) is 3.46. The van der Waals surface area contributed by atoms with Crippen LogP contribution in [0.1, 0.15) is 31.2 Å². The molecule has 1 aromatic carbocycles. The second kappa shape index (κ2) is 7.73. The third kappa shape index (κ3) is 4.05. The first kappa shape index (κ1) is 18.8. The number of nitrogens with zero attached hydrogens (tertiary/aromatic N) is 2. The number of methoxy groups -OCH3 is 1. The number of carbonyl (C=O) groups is 1. The molecule has 1 heterocycles. The quantitative estimate of drug-likeness (QED) is 0.513. The molecule has 2 aromatic rings.